The molecule has 0 aliphatic heterocycles. The summed E-state index contributed by atoms with van der Waals surface area (Å²) in [5.41, 5.74) is 8.60. The molecule has 2 unspecified atom stereocenters. The molecule has 7 aromatic carbocycles. The first-order valence-corrected chi connectivity index (χ1v) is 19.1. The maximum Gasteiger partial charge on any atom is -0.00201 e. The van der Waals surface area contributed by atoms with E-state index in [4.69, 9.17) is 0 Å². The molecule has 0 aliphatic rings. The van der Waals surface area contributed by atoms with E-state index in [1.54, 1.807) is 11.1 Å². The monoisotopic (exact) mass is 630 g/mol. The fourth-order valence-corrected chi connectivity index (χ4v) is 8.88. The minimum absolute atomic E-state index is 0.720. The molecule has 7 aromatic rings. The van der Waals surface area contributed by atoms with Crippen molar-refractivity contribution in [3.05, 3.63) is 107 Å². The Labute approximate surface area is 288 Å². The second-order valence-corrected chi connectivity index (χ2v) is 14.9. The lowest BCUT2D eigenvalue weighted by Gasteiger charge is -2.22. The fraction of sp³-hybridized carbons (Fsp3) is 0.375. The predicted molar refractivity (Wildman–Crippen MR) is 214 cm³/mol. The lowest BCUT2D eigenvalue weighted by atomic mass is 9.82. The summed E-state index contributed by atoms with van der Waals surface area (Å²) < 4.78 is 0. The number of aryl methyl sites for hydroxylation is 2. The molecule has 48 heavy (non-hydrogen) atoms. The zero-order valence-electron chi connectivity index (χ0n) is 30.3. The van der Waals surface area contributed by atoms with Gasteiger partial charge in [0.25, 0.3) is 0 Å². The average molecular weight is 631 g/mol. The van der Waals surface area contributed by atoms with Crippen molar-refractivity contribution in [1.82, 2.24) is 0 Å². The van der Waals surface area contributed by atoms with Gasteiger partial charge in [-0.2, -0.15) is 0 Å². The first-order valence-electron chi connectivity index (χ1n) is 19.1. The first-order chi connectivity index (χ1) is 23.4. The quantitative estimate of drug-likeness (QED) is 0.0878. The smallest absolute Gasteiger partial charge is 0.00201 e. The van der Waals surface area contributed by atoms with Gasteiger partial charge in [-0.3, -0.25) is 0 Å². The van der Waals surface area contributed by atoms with Gasteiger partial charge in [0.2, 0.25) is 0 Å². The summed E-state index contributed by atoms with van der Waals surface area (Å²) in [5, 5.41) is 14.0. The Balaban J connectivity index is 1.48. The van der Waals surface area contributed by atoms with Gasteiger partial charge in [0.05, 0.1) is 0 Å². The number of hydrogen-bond donors (Lipinski definition) is 0. The third-order valence-corrected chi connectivity index (χ3v) is 11.7. The second kappa shape index (κ2) is 13.9. The predicted octanol–water partition coefficient (Wildman–Crippen LogP) is 14.7. The van der Waals surface area contributed by atoms with Crippen molar-refractivity contribution in [3.63, 3.8) is 0 Å². The Bertz CT molecular complexity index is 2190. The van der Waals surface area contributed by atoms with E-state index in [9.17, 15) is 0 Å². The average Bonchev–Trinajstić information content (AvgIpc) is 3.11. The number of fused-ring (bicyclic) bond motifs is 3. The largest absolute Gasteiger partial charge is 0.0654 e. The van der Waals surface area contributed by atoms with Gasteiger partial charge in [0, 0.05) is 0 Å². The zero-order chi connectivity index (χ0) is 33.4. The highest BCUT2D eigenvalue weighted by Gasteiger charge is 2.19. The molecule has 0 aromatic heterocycles. The van der Waals surface area contributed by atoms with Crippen LogP contribution in [0.1, 0.15) is 101 Å². The molecule has 0 aliphatic carbocycles. The molecular formula is C48H54. The molecule has 0 fully saturated rings. The normalized spacial score (nSPS) is 13.5. The number of benzene rings is 7. The molecule has 0 saturated heterocycles. The van der Waals surface area contributed by atoms with Crippen LogP contribution in [0.2, 0.25) is 0 Å². The lowest BCUT2D eigenvalue weighted by molar-refractivity contribution is 0.449. The summed E-state index contributed by atoms with van der Waals surface area (Å²) in [7, 11) is 0. The molecule has 0 radical (unpaired) electrons. The molecular weight excluding hydrogens is 577 g/mol. The summed E-state index contributed by atoms with van der Waals surface area (Å²) in [4.78, 5) is 0. The molecule has 0 heterocycles. The summed E-state index contributed by atoms with van der Waals surface area (Å²) in [6, 6.07) is 33.6. The molecule has 0 amide bonds. The van der Waals surface area contributed by atoms with Gasteiger partial charge in [-0.15, -0.1) is 0 Å². The zero-order valence-corrected chi connectivity index (χ0v) is 30.3. The topological polar surface area (TPSA) is 0 Å². The maximum atomic E-state index is 2.58. The summed E-state index contributed by atoms with van der Waals surface area (Å²) in [6.07, 6.45) is 12.7. The van der Waals surface area contributed by atoms with Crippen molar-refractivity contribution in [2.45, 2.75) is 106 Å². The number of rotatable bonds is 13. The van der Waals surface area contributed by atoms with Crippen molar-refractivity contribution >= 4 is 53.9 Å². The Morgan fingerprint density at radius 1 is 0.479 bits per heavy atom. The number of unbranched alkanes of at least 4 members (excludes halogenated alkanes) is 2. The third-order valence-electron chi connectivity index (χ3n) is 11.7. The van der Waals surface area contributed by atoms with Gasteiger partial charge >= 0.3 is 0 Å². The molecule has 246 valence electrons. The third kappa shape index (κ3) is 5.87. The highest BCUT2D eigenvalue weighted by molar-refractivity contribution is 6.34. The van der Waals surface area contributed by atoms with Crippen molar-refractivity contribution < 1.29 is 0 Å². The summed E-state index contributed by atoms with van der Waals surface area (Å²) in [5.74, 6) is 1.46. The van der Waals surface area contributed by atoms with Crippen LogP contribution in [0.4, 0.5) is 0 Å². The van der Waals surface area contributed by atoms with Gasteiger partial charge in [-0.25, -0.2) is 0 Å². The SMILES string of the molecule is CCCCC(CC)Cc1cc(-c2ccc3c4cccc5c(C)ccc(c6cccc2c63)c54)cc2c(CC(CC)CCCC)cc(C)cc12. The maximum absolute atomic E-state index is 2.58. The van der Waals surface area contributed by atoms with E-state index in [1.807, 2.05) is 0 Å². The lowest BCUT2D eigenvalue weighted by Crippen LogP contribution is -2.07. The van der Waals surface area contributed by atoms with Crippen molar-refractivity contribution in [2.24, 2.45) is 11.8 Å². The second-order valence-electron chi connectivity index (χ2n) is 14.9. The molecule has 0 spiro atoms. The molecule has 0 bridgehead atoms. The van der Waals surface area contributed by atoms with E-state index < -0.39 is 0 Å². The molecule has 2 atom stereocenters. The number of hydrogen-bond acceptors (Lipinski definition) is 0. The van der Waals surface area contributed by atoms with E-state index in [2.05, 4.69) is 126 Å². The van der Waals surface area contributed by atoms with Gasteiger partial charge < -0.3 is 0 Å². The van der Waals surface area contributed by atoms with Crippen molar-refractivity contribution in [2.75, 3.05) is 0 Å². The molecule has 0 heteroatoms. The molecule has 7 rings (SSSR count). The van der Waals surface area contributed by atoms with Crippen LogP contribution in [-0.2, 0) is 12.8 Å². The van der Waals surface area contributed by atoms with Crippen LogP contribution in [0, 0.1) is 25.7 Å². The van der Waals surface area contributed by atoms with Crippen LogP contribution >= 0.6 is 0 Å². The van der Waals surface area contributed by atoms with E-state index in [0.29, 0.717) is 0 Å². The Morgan fingerprint density at radius 2 is 1.00 bits per heavy atom. The Hall–Kier alpha value is -3.90. The Kier molecular flexibility index (Phi) is 9.46. The van der Waals surface area contributed by atoms with Crippen LogP contribution in [0.5, 0.6) is 0 Å². The van der Waals surface area contributed by atoms with Gasteiger partial charge in [-0.1, -0.05) is 163 Å². The minimum atomic E-state index is 0.720. The van der Waals surface area contributed by atoms with Gasteiger partial charge in [0.15, 0.2) is 0 Å². The van der Waals surface area contributed by atoms with E-state index in [1.165, 1.54) is 134 Å². The Morgan fingerprint density at radius 3 is 1.62 bits per heavy atom. The van der Waals surface area contributed by atoms with Gasteiger partial charge in [0.1, 0.15) is 0 Å². The summed E-state index contributed by atoms with van der Waals surface area (Å²) in [6.45, 7) is 14.0. The van der Waals surface area contributed by atoms with Crippen LogP contribution in [0.15, 0.2) is 84.9 Å². The first kappa shape index (κ1) is 32.6. The fourth-order valence-electron chi connectivity index (χ4n) is 8.88. The van der Waals surface area contributed by atoms with Crippen molar-refractivity contribution in [3.8, 4) is 11.1 Å². The molecule has 0 nitrogen and oxygen atoms in total. The van der Waals surface area contributed by atoms with Gasteiger partial charge in [-0.05, 0) is 126 Å². The highest BCUT2D eigenvalue weighted by Crippen LogP contribution is 2.44. The van der Waals surface area contributed by atoms with Crippen LogP contribution < -0.4 is 0 Å². The van der Waals surface area contributed by atoms with E-state index in [0.717, 1.165) is 18.3 Å². The van der Waals surface area contributed by atoms with E-state index in [-0.39, 0.29) is 0 Å². The standard InChI is InChI=1S/C48H54/c1-7-11-15-33(9-3)27-35-25-31(5)26-45-36(28-34(10-4)16-12-8-2)29-37(30-46(35)45)39-23-24-44-41-19-13-17-38-32(6)21-22-43(47(38)41)42-20-14-18-40(39)48(42)44/h13-14,17-26,29-30,33-34H,7-12,15-16,27-28H2,1-6H3. The minimum Gasteiger partial charge on any atom is -0.0654 e. The van der Waals surface area contributed by atoms with Crippen molar-refractivity contribution in [1.29, 1.82) is 0 Å². The molecule has 0 N–H and O–H groups in total. The summed E-state index contributed by atoms with van der Waals surface area (Å²) >= 11 is 0. The molecule has 0 saturated carbocycles. The van der Waals surface area contributed by atoms with E-state index >= 15 is 0 Å². The highest BCUT2D eigenvalue weighted by atomic mass is 14.2. The van der Waals surface area contributed by atoms with Crippen LogP contribution in [-0.4, -0.2) is 0 Å². The van der Waals surface area contributed by atoms with Crippen LogP contribution in [0.25, 0.3) is 65.0 Å². The van der Waals surface area contributed by atoms with Crippen LogP contribution in [0.3, 0.4) is 0 Å².